The highest BCUT2D eigenvalue weighted by atomic mass is 16.7. The van der Waals surface area contributed by atoms with Crippen LogP contribution < -0.4 is 0 Å². The highest BCUT2D eigenvalue weighted by molar-refractivity contribution is 5.76. The normalized spacial score (nSPS) is 48.1. The van der Waals surface area contributed by atoms with Crippen LogP contribution in [0, 0.1) is 51.2 Å². The van der Waals surface area contributed by atoms with Crippen LogP contribution in [0.2, 0.25) is 0 Å². The molecule has 6 saturated carbocycles. The summed E-state index contributed by atoms with van der Waals surface area (Å²) in [5.74, 6) is 3.05. The standard InChI is InChI=1S/C37H58N2O6/c1-34(2)29-10-9-25-27-18-28-26(8-7-24(44-28)19-38(4)20-32(41)42)35(27,3)13-14-36(25)22-37(29,36)12-11-30(34)45-33-21-39(15-16-43-33)31(40)17-23-5-6-23/h23-30,33H,5-22H2,1-4H3,(H,41,42)/t24?,25?,26?,27?,28?,29?,30-,33?,35?,36-,37?/m0/s1. The second kappa shape index (κ2) is 10.9. The topological polar surface area (TPSA) is 88.5 Å². The van der Waals surface area contributed by atoms with Crippen molar-refractivity contribution in [3.05, 3.63) is 0 Å². The van der Waals surface area contributed by atoms with Crippen LogP contribution in [-0.4, -0.2) is 91.2 Å². The molecule has 8 nitrogen and oxygen atoms in total. The van der Waals surface area contributed by atoms with Crippen LogP contribution in [-0.2, 0) is 23.8 Å². The van der Waals surface area contributed by atoms with Gasteiger partial charge in [0.1, 0.15) is 0 Å². The van der Waals surface area contributed by atoms with E-state index in [-0.39, 0.29) is 36.4 Å². The van der Waals surface area contributed by atoms with Gasteiger partial charge in [-0.3, -0.25) is 14.5 Å². The molecule has 0 aromatic carbocycles. The zero-order chi connectivity index (χ0) is 31.4. The summed E-state index contributed by atoms with van der Waals surface area (Å²) >= 11 is 0. The lowest BCUT2D eigenvalue weighted by Crippen LogP contribution is -2.56. The Bertz CT molecular complexity index is 1190. The van der Waals surface area contributed by atoms with Crippen LogP contribution in [0.15, 0.2) is 0 Å². The van der Waals surface area contributed by atoms with Crippen molar-refractivity contribution in [2.45, 2.75) is 129 Å². The lowest BCUT2D eigenvalue weighted by Gasteiger charge is -2.60. The Hall–Kier alpha value is -1.22. The van der Waals surface area contributed by atoms with Crippen LogP contribution in [0.25, 0.3) is 0 Å². The van der Waals surface area contributed by atoms with Crippen molar-refractivity contribution in [1.82, 2.24) is 9.80 Å². The first-order valence-corrected chi connectivity index (χ1v) is 18.6. The summed E-state index contributed by atoms with van der Waals surface area (Å²) in [4.78, 5) is 28.0. The Kier molecular flexibility index (Phi) is 7.52. The van der Waals surface area contributed by atoms with Gasteiger partial charge in [0, 0.05) is 19.5 Å². The number of likely N-dealkylation sites (N-methyl/N-ethyl adjacent to an activating group) is 1. The highest BCUT2D eigenvalue weighted by Gasteiger charge is 2.80. The van der Waals surface area contributed by atoms with Gasteiger partial charge in [0.05, 0.1) is 38.0 Å². The van der Waals surface area contributed by atoms with Gasteiger partial charge in [-0.15, -0.1) is 0 Å². The summed E-state index contributed by atoms with van der Waals surface area (Å²) in [5.41, 5.74) is 1.45. The van der Waals surface area contributed by atoms with E-state index in [2.05, 4.69) is 20.8 Å². The van der Waals surface area contributed by atoms with Gasteiger partial charge in [0.15, 0.2) is 6.29 Å². The number of aliphatic carboxylic acids is 1. The van der Waals surface area contributed by atoms with E-state index in [1.165, 1.54) is 64.2 Å². The fourth-order valence-electron chi connectivity index (χ4n) is 13.1. The number of hydrogen-bond acceptors (Lipinski definition) is 6. The Labute approximate surface area is 270 Å². The molecule has 2 spiro atoms. The van der Waals surface area contributed by atoms with Crippen LogP contribution in [0.3, 0.4) is 0 Å². The SMILES string of the molecule is CN(CC(=O)O)CC1CCC2C(CC3C4CCC5C(C)(C)[C@@H](OC6CN(C(=O)CC7CC7)CCO6)CCC56C[C@@]46CCC23C)O1. The fraction of sp³-hybridized carbons (Fsp3) is 0.946. The maximum atomic E-state index is 12.8. The molecule has 8 aliphatic rings. The van der Waals surface area contributed by atoms with Crippen molar-refractivity contribution in [3.63, 3.8) is 0 Å². The number of carbonyl (C=O) groups excluding carboxylic acids is 1. The zero-order valence-electron chi connectivity index (χ0n) is 28.3. The monoisotopic (exact) mass is 626 g/mol. The van der Waals surface area contributed by atoms with Crippen molar-refractivity contribution in [3.8, 4) is 0 Å². The predicted octanol–water partition coefficient (Wildman–Crippen LogP) is 5.58. The smallest absolute Gasteiger partial charge is 0.317 e. The molecule has 2 heterocycles. The van der Waals surface area contributed by atoms with Crippen LogP contribution in [0.4, 0.5) is 0 Å². The first-order valence-electron chi connectivity index (χ1n) is 18.6. The molecular weight excluding hydrogens is 568 g/mol. The van der Waals surface area contributed by atoms with E-state index in [1.807, 2.05) is 16.8 Å². The third-order valence-corrected chi connectivity index (χ3v) is 15.4. The zero-order valence-corrected chi connectivity index (χ0v) is 28.3. The maximum Gasteiger partial charge on any atom is 0.317 e. The molecule has 1 amide bonds. The van der Waals surface area contributed by atoms with Gasteiger partial charge in [-0.25, -0.2) is 0 Å². The summed E-state index contributed by atoms with van der Waals surface area (Å²) in [5, 5.41) is 9.22. The number of nitrogens with zero attached hydrogens (tertiary/aromatic N) is 2. The van der Waals surface area contributed by atoms with E-state index in [1.54, 1.807) is 0 Å². The lowest BCUT2D eigenvalue weighted by molar-refractivity contribution is -0.244. The Balaban J connectivity index is 0.930. The number of amides is 1. The molecule has 9 unspecified atom stereocenters. The van der Waals surface area contributed by atoms with E-state index in [0.717, 1.165) is 24.7 Å². The average Bonchev–Trinajstić information content (AvgIpc) is 3.89. The van der Waals surface area contributed by atoms with Gasteiger partial charge in [0.25, 0.3) is 0 Å². The van der Waals surface area contributed by atoms with E-state index >= 15 is 0 Å². The third-order valence-electron chi connectivity index (χ3n) is 15.4. The summed E-state index contributed by atoms with van der Waals surface area (Å²) in [6, 6.07) is 0. The summed E-state index contributed by atoms with van der Waals surface area (Å²) in [6.07, 6.45) is 16.2. The highest BCUT2D eigenvalue weighted by Crippen LogP contribution is 2.87. The second-order valence-electron chi connectivity index (χ2n) is 17.9. The van der Waals surface area contributed by atoms with Gasteiger partial charge in [-0.2, -0.15) is 0 Å². The molecule has 0 bridgehead atoms. The van der Waals surface area contributed by atoms with Crippen molar-refractivity contribution in [2.75, 3.05) is 39.8 Å². The maximum absolute atomic E-state index is 12.8. The van der Waals surface area contributed by atoms with Crippen molar-refractivity contribution in [2.24, 2.45) is 51.2 Å². The molecule has 45 heavy (non-hydrogen) atoms. The van der Waals surface area contributed by atoms with Gasteiger partial charge in [-0.1, -0.05) is 20.8 Å². The molecule has 11 atom stereocenters. The third kappa shape index (κ3) is 4.96. The fourth-order valence-corrected chi connectivity index (χ4v) is 13.1. The number of carboxylic acid groups (broad SMARTS) is 1. The predicted molar refractivity (Wildman–Crippen MR) is 169 cm³/mol. The van der Waals surface area contributed by atoms with Crippen molar-refractivity contribution >= 4 is 11.9 Å². The number of rotatable bonds is 8. The van der Waals surface area contributed by atoms with Gasteiger partial charge in [0.2, 0.25) is 5.91 Å². The number of ether oxygens (including phenoxy) is 3. The van der Waals surface area contributed by atoms with Crippen LogP contribution in [0.1, 0.15) is 104 Å². The molecule has 2 aliphatic heterocycles. The van der Waals surface area contributed by atoms with Crippen molar-refractivity contribution in [1.29, 1.82) is 0 Å². The minimum absolute atomic E-state index is 0.0799. The number of fused-ring (bicyclic) bond motifs is 4. The van der Waals surface area contributed by atoms with Crippen LogP contribution in [0.5, 0.6) is 0 Å². The Morgan fingerprint density at radius 3 is 2.53 bits per heavy atom. The Morgan fingerprint density at radius 1 is 0.956 bits per heavy atom. The van der Waals surface area contributed by atoms with Crippen molar-refractivity contribution < 1.29 is 28.9 Å². The summed E-state index contributed by atoms with van der Waals surface area (Å²) in [6.45, 7) is 10.3. The number of morpholine rings is 1. The quantitative estimate of drug-likeness (QED) is 0.376. The minimum Gasteiger partial charge on any atom is -0.480 e. The molecular formula is C37H58N2O6. The van der Waals surface area contributed by atoms with Gasteiger partial charge >= 0.3 is 5.97 Å². The molecule has 6 aliphatic carbocycles. The molecule has 1 N–H and O–H groups in total. The molecule has 2 saturated heterocycles. The lowest BCUT2D eigenvalue weighted by atomic mass is 9.46. The van der Waals surface area contributed by atoms with Gasteiger partial charge in [-0.05, 0) is 135 Å². The van der Waals surface area contributed by atoms with E-state index in [4.69, 9.17) is 14.2 Å². The first-order chi connectivity index (χ1) is 21.4. The van der Waals surface area contributed by atoms with E-state index < -0.39 is 5.97 Å². The summed E-state index contributed by atoms with van der Waals surface area (Å²) in [7, 11) is 1.91. The van der Waals surface area contributed by atoms with E-state index in [0.29, 0.717) is 72.8 Å². The largest absolute Gasteiger partial charge is 0.480 e. The van der Waals surface area contributed by atoms with E-state index in [9.17, 15) is 14.7 Å². The molecule has 8 heteroatoms. The Morgan fingerprint density at radius 2 is 1.76 bits per heavy atom. The molecule has 8 rings (SSSR count). The number of carboxylic acids is 1. The summed E-state index contributed by atoms with van der Waals surface area (Å²) < 4.78 is 19.8. The number of hydrogen-bond donors (Lipinski definition) is 1. The average molecular weight is 627 g/mol. The minimum atomic E-state index is -0.766. The molecule has 252 valence electrons. The second-order valence-corrected chi connectivity index (χ2v) is 17.9. The molecule has 0 aromatic rings. The molecule has 0 aromatic heterocycles. The van der Waals surface area contributed by atoms with Crippen LogP contribution >= 0.6 is 0 Å². The number of carbonyl (C=O) groups is 2. The first kappa shape index (κ1) is 31.1. The molecule has 0 radical (unpaired) electrons. The van der Waals surface area contributed by atoms with Gasteiger partial charge < -0.3 is 24.2 Å². The molecule has 8 fully saturated rings.